The molecular weight excluding hydrogens is 250 g/mol. The van der Waals surface area contributed by atoms with Crippen LogP contribution in [0.4, 0.5) is 0 Å². The molecule has 0 aliphatic rings. The second-order valence-corrected chi connectivity index (χ2v) is 6.11. The van der Waals surface area contributed by atoms with Gasteiger partial charge in [0, 0.05) is 13.0 Å². The number of nitrogens with zero attached hydrogens (tertiary/aromatic N) is 1. The van der Waals surface area contributed by atoms with Gasteiger partial charge in [-0.05, 0) is 24.3 Å². The molecule has 2 N–H and O–H groups in total. The molecule has 0 spiro atoms. The maximum Gasteiger partial charge on any atom is 0.240 e. The topological polar surface area (TPSA) is 74.4 Å². The Bertz CT molecular complexity index is 515. The number of benzene rings is 1. The summed E-state index contributed by atoms with van der Waals surface area (Å²) in [5.74, 6) is 0. The highest BCUT2D eigenvalue weighted by atomic mass is 32.2. The van der Waals surface area contributed by atoms with Crippen molar-refractivity contribution in [3.05, 3.63) is 29.8 Å². The first-order valence-electron chi connectivity index (χ1n) is 5.74. The van der Waals surface area contributed by atoms with Crippen molar-refractivity contribution < 1.29 is 13.3 Å². The Morgan fingerprint density at radius 2 is 1.89 bits per heavy atom. The third-order valence-corrected chi connectivity index (χ3v) is 3.92. The molecule has 0 atom stereocenters. The van der Waals surface area contributed by atoms with Crippen molar-refractivity contribution in [1.29, 1.82) is 5.26 Å². The first kappa shape index (κ1) is 14.6. The molecule has 5 nitrogen and oxygen atoms in total. The lowest BCUT2D eigenvalue weighted by atomic mass is 10.2. The Morgan fingerprint density at radius 1 is 1.28 bits per heavy atom. The maximum absolute atomic E-state index is 11.9. The monoisotopic (exact) mass is 268 g/mol. The van der Waals surface area contributed by atoms with Crippen LogP contribution < -0.4 is 9.62 Å². The predicted molar refractivity (Wildman–Crippen MR) is 68.6 cm³/mol. The van der Waals surface area contributed by atoms with E-state index in [0.29, 0.717) is 12.1 Å². The highest BCUT2D eigenvalue weighted by Gasteiger charge is 2.12. The van der Waals surface area contributed by atoms with Crippen LogP contribution in [0, 0.1) is 11.3 Å². The number of hydrogen-bond acceptors (Lipinski definition) is 3. The summed E-state index contributed by atoms with van der Waals surface area (Å²) in [4.78, 5) is 1.48. The summed E-state index contributed by atoms with van der Waals surface area (Å²) in [7, 11) is 0.594. The van der Waals surface area contributed by atoms with Gasteiger partial charge in [0.05, 0.1) is 37.2 Å². The van der Waals surface area contributed by atoms with Crippen molar-refractivity contribution >= 4 is 10.0 Å². The van der Waals surface area contributed by atoms with Crippen molar-refractivity contribution in [1.82, 2.24) is 4.72 Å². The number of rotatable bonds is 6. The SMILES string of the molecule is C[NH+](C)CCCNS(=O)(=O)c1ccc(C#N)cc1. The number of sulfonamides is 1. The smallest absolute Gasteiger partial charge is 0.240 e. The first-order valence-corrected chi connectivity index (χ1v) is 7.23. The normalized spacial score (nSPS) is 11.4. The lowest BCUT2D eigenvalue weighted by molar-refractivity contribution is -0.858. The highest BCUT2D eigenvalue weighted by molar-refractivity contribution is 7.89. The molecular formula is C12H18N3O2S+. The summed E-state index contributed by atoms with van der Waals surface area (Å²) in [6, 6.07) is 7.83. The van der Waals surface area contributed by atoms with Gasteiger partial charge in [-0.2, -0.15) is 5.26 Å². The van der Waals surface area contributed by atoms with Crippen LogP contribution in [-0.2, 0) is 10.0 Å². The molecule has 0 bridgehead atoms. The van der Waals surface area contributed by atoms with Gasteiger partial charge in [-0.3, -0.25) is 0 Å². The molecule has 0 saturated carbocycles. The minimum atomic E-state index is -3.45. The van der Waals surface area contributed by atoms with Gasteiger partial charge < -0.3 is 4.90 Å². The van der Waals surface area contributed by atoms with Crippen molar-refractivity contribution in [3.63, 3.8) is 0 Å². The third-order valence-electron chi connectivity index (χ3n) is 2.44. The molecule has 0 aliphatic heterocycles. The van der Waals surface area contributed by atoms with Crippen molar-refractivity contribution in [2.24, 2.45) is 0 Å². The van der Waals surface area contributed by atoms with Crippen LogP contribution in [0.15, 0.2) is 29.2 Å². The van der Waals surface area contributed by atoms with Crippen LogP contribution in [0.1, 0.15) is 12.0 Å². The zero-order valence-electron chi connectivity index (χ0n) is 10.6. The van der Waals surface area contributed by atoms with Crippen LogP contribution in [0.2, 0.25) is 0 Å². The van der Waals surface area contributed by atoms with Crippen LogP contribution >= 0.6 is 0 Å². The van der Waals surface area contributed by atoms with Gasteiger partial charge in [-0.15, -0.1) is 0 Å². The molecule has 1 rings (SSSR count). The molecule has 6 heteroatoms. The Kier molecular flexibility index (Phi) is 5.28. The Hall–Kier alpha value is -1.42. The molecule has 0 saturated heterocycles. The van der Waals surface area contributed by atoms with E-state index in [1.807, 2.05) is 20.2 Å². The summed E-state index contributed by atoms with van der Waals surface area (Å²) in [6.07, 6.45) is 0.790. The average molecular weight is 268 g/mol. The second-order valence-electron chi connectivity index (χ2n) is 4.34. The standard InChI is InChI=1S/C12H17N3O2S/c1-15(2)9-3-8-14-18(16,17)12-6-4-11(10-13)5-7-12/h4-7,14H,3,8-9H2,1-2H3/p+1. The summed E-state index contributed by atoms with van der Waals surface area (Å²) < 4.78 is 26.3. The Morgan fingerprint density at radius 3 is 2.39 bits per heavy atom. The van der Waals surface area contributed by atoms with Gasteiger partial charge >= 0.3 is 0 Å². The minimum absolute atomic E-state index is 0.193. The van der Waals surface area contributed by atoms with E-state index in [-0.39, 0.29) is 4.90 Å². The van der Waals surface area contributed by atoms with E-state index >= 15 is 0 Å². The largest absolute Gasteiger partial charge is 0.340 e. The third kappa shape index (κ3) is 4.45. The summed E-state index contributed by atoms with van der Waals surface area (Å²) in [6.45, 7) is 1.34. The van der Waals surface area contributed by atoms with Gasteiger partial charge in [0.25, 0.3) is 0 Å². The maximum atomic E-state index is 11.9. The molecule has 0 radical (unpaired) electrons. The van der Waals surface area contributed by atoms with Gasteiger partial charge in [-0.1, -0.05) is 0 Å². The van der Waals surface area contributed by atoms with E-state index in [1.54, 1.807) is 0 Å². The van der Waals surface area contributed by atoms with Gasteiger partial charge in [-0.25, -0.2) is 13.1 Å². The summed E-state index contributed by atoms with van der Waals surface area (Å²) >= 11 is 0. The molecule has 98 valence electrons. The first-order chi connectivity index (χ1) is 8.45. The predicted octanol–water partition coefficient (Wildman–Crippen LogP) is -0.629. The molecule has 18 heavy (non-hydrogen) atoms. The molecule has 0 amide bonds. The lowest BCUT2D eigenvalue weighted by Crippen LogP contribution is -3.05. The Labute approximate surface area is 108 Å². The second kappa shape index (κ2) is 6.50. The zero-order chi connectivity index (χ0) is 13.6. The molecule has 0 aliphatic carbocycles. The van der Waals surface area contributed by atoms with E-state index < -0.39 is 10.0 Å². The molecule has 0 heterocycles. The van der Waals surface area contributed by atoms with E-state index in [9.17, 15) is 8.42 Å². The summed E-state index contributed by atoms with van der Waals surface area (Å²) in [5, 5.41) is 8.64. The molecule has 0 aromatic heterocycles. The van der Waals surface area contributed by atoms with Crippen LogP contribution in [-0.4, -0.2) is 35.6 Å². The van der Waals surface area contributed by atoms with E-state index in [4.69, 9.17) is 5.26 Å². The van der Waals surface area contributed by atoms with Crippen LogP contribution in [0.5, 0.6) is 0 Å². The van der Waals surface area contributed by atoms with Gasteiger partial charge in [0.2, 0.25) is 10.0 Å². The van der Waals surface area contributed by atoms with E-state index in [1.165, 1.54) is 29.2 Å². The van der Waals surface area contributed by atoms with Gasteiger partial charge in [0.1, 0.15) is 0 Å². The number of hydrogen-bond donors (Lipinski definition) is 2. The average Bonchev–Trinajstić information content (AvgIpc) is 2.34. The quantitative estimate of drug-likeness (QED) is 0.675. The fraction of sp³-hybridized carbons (Fsp3) is 0.417. The van der Waals surface area contributed by atoms with Crippen molar-refractivity contribution in [2.45, 2.75) is 11.3 Å². The fourth-order valence-corrected chi connectivity index (χ4v) is 2.51. The fourth-order valence-electron chi connectivity index (χ4n) is 1.44. The summed E-state index contributed by atoms with van der Waals surface area (Å²) in [5.41, 5.74) is 0.449. The van der Waals surface area contributed by atoms with Crippen molar-refractivity contribution in [2.75, 3.05) is 27.2 Å². The highest BCUT2D eigenvalue weighted by Crippen LogP contribution is 2.09. The van der Waals surface area contributed by atoms with Crippen LogP contribution in [0.25, 0.3) is 0 Å². The van der Waals surface area contributed by atoms with E-state index in [0.717, 1.165) is 13.0 Å². The molecule has 0 fully saturated rings. The number of quaternary nitrogens is 1. The van der Waals surface area contributed by atoms with E-state index in [2.05, 4.69) is 4.72 Å². The molecule has 1 aromatic carbocycles. The zero-order valence-corrected chi connectivity index (χ0v) is 11.4. The molecule has 1 aromatic rings. The number of nitriles is 1. The van der Waals surface area contributed by atoms with Crippen LogP contribution in [0.3, 0.4) is 0 Å². The lowest BCUT2D eigenvalue weighted by Gasteiger charge is -2.08. The molecule has 0 unspecified atom stereocenters. The number of nitrogens with one attached hydrogen (secondary N) is 2. The Balaban J connectivity index is 2.60. The minimum Gasteiger partial charge on any atom is -0.340 e. The van der Waals surface area contributed by atoms with Gasteiger partial charge in [0.15, 0.2) is 0 Å². The van der Waals surface area contributed by atoms with Crippen molar-refractivity contribution in [3.8, 4) is 6.07 Å².